The summed E-state index contributed by atoms with van der Waals surface area (Å²) in [5, 5.41) is 0. The van der Waals surface area contributed by atoms with E-state index in [0.717, 1.165) is 29.9 Å². The fourth-order valence-electron chi connectivity index (χ4n) is 1.99. The molecule has 0 saturated carbocycles. The fraction of sp³-hybridized carbons (Fsp3) is 0.467. The van der Waals surface area contributed by atoms with Gasteiger partial charge in [0, 0.05) is 12.8 Å². The van der Waals surface area contributed by atoms with Crippen LogP contribution in [0.1, 0.15) is 32.3 Å². The summed E-state index contributed by atoms with van der Waals surface area (Å²) in [5.74, 6) is 3.54. The van der Waals surface area contributed by atoms with Gasteiger partial charge in [-0.05, 0) is 17.7 Å². The highest BCUT2D eigenvalue weighted by atomic mass is 16.7. The molecule has 0 unspecified atom stereocenters. The third-order valence-corrected chi connectivity index (χ3v) is 3.13. The minimum absolute atomic E-state index is 0.322. The number of hydrogen-bond acceptors (Lipinski definition) is 3. The third-order valence-electron chi connectivity index (χ3n) is 3.13. The highest BCUT2D eigenvalue weighted by Gasteiger charge is 2.38. The van der Waals surface area contributed by atoms with Crippen molar-refractivity contribution in [3.05, 3.63) is 23.8 Å². The largest absolute Gasteiger partial charge is 0.448 e. The maximum Gasteiger partial charge on any atom is 0.251 e. The Labute approximate surface area is 108 Å². The van der Waals surface area contributed by atoms with Crippen molar-refractivity contribution in [1.29, 1.82) is 0 Å². The second-order valence-corrected chi connectivity index (χ2v) is 4.30. The maximum absolute atomic E-state index is 5.92. The van der Waals surface area contributed by atoms with Crippen molar-refractivity contribution in [1.82, 2.24) is 0 Å². The Balaban J connectivity index is 2.10. The molecule has 1 aliphatic heterocycles. The van der Waals surface area contributed by atoms with E-state index in [9.17, 15) is 0 Å². The van der Waals surface area contributed by atoms with Crippen LogP contribution in [0.2, 0.25) is 0 Å². The van der Waals surface area contributed by atoms with E-state index in [4.69, 9.17) is 20.6 Å². The Hall–Kier alpha value is -1.66. The van der Waals surface area contributed by atoms with E-state index in [2.05, 4.69) is 19.8 Å². The molecule has 0 amide bonds. The standard InChI is InChI=1S/C15H18O3/c1-4-9-16-11-12-7-8-13-14(10-12)18-15(5-2,6-3)17-13/h1,7-8,10H,5-6,9,11H2,2-3H3. The summed E-state index contributed by atoms with van der Waals surface area (Å²) in [6.45, 7) is 4.94. The van der Waals surface area contributed by atoms with Crippen molar-refractivity contribution in [3.8, 4) is 23.8 Å². The van der Waals surface area contributed by atoms with Crippen LogP contribution in [0.15, 0.2) is 18.2 Å². The summed E-state index contributed by atoms with van der Waals surface area (Å²) in [7, 11) is 0. The maximum atomic E-state index is 5.92. The lowest BCUT2D eigenvalue weighted by molar-refractivity contribution is -0.0843. The van der Waals surface area contributed by atoms with Crippen LogP contribution in [-0.2, 0) is 11.3 Å². The zero-order valence-corrected chi connectivity index (χ0v) is 10.9. The Bertz CT molecular complexity index is 455. The molecule has 0 spiro atoms. The second kappa shape index (κ2) is 5.32. The number of rotatable bonds is 5. The summed E-state index contributed by atoms with van der Waals surface area (Å²) in [6.07, 6.45) is 6.78. The molecule has 0 aliphatic carbocycles. The van der Waals surface area contributed by atoms with Gasteiger partial charge in [-0.25, -0.2) is 0 Å². The lowest BCUT2D eigenvalue weighted by Crippen LogP contribution is -2.36. The summed E-state index contributed by atoms with van der Waals surface area (Å²) in [5.41, 5.74) is 1.04. The van der Waals surface area contributed by atoms with Gasteiger partial charge in [-0.1, -0.05) is 25.8 Å². The van der Waals surface area contributed by atoms with Gasteiger partial charge < -0.3 is 14.2 Å². The molecule has 0 saturated heterocycles. The average Bonchev–Trinajstić information content (AvgIpc) is 2.78. The first kappa shape index (κ1) is 12.8. The minimum Gasteiger partial charge on any atom is -0.448 e. The number of fused-ring (bicyclic) bond motifs is 1. The van der Waals surface area contributed by atoms with E-state index < -0.39 is 5.79 Å². The molecular formula is C15H18O3. The van der Waals surface area contributed by atoms with Crippen molar-refractivity contribution in [2.75, 3.05) is 6.61 Å². The molecule has 3 nitrogen and oxygen atoms in total. The summed E-state index contributed by atoms with van der Waals surface area (Å²) < 4.78 is 17.1. The predicted molar refractivity (Wildman–Crippen MR) is 69.5 cm³/mol. The van der Waals surface area contributed by atoms with Crippen LogP contribution in [0.25, 0.3) is 0 Å². The van der Waals surface area contributed by atoms with Crippen molar-refractivity contribution in [2.24, 2.45) is 0 Å². The molecule has 2 rings (SSSR count). The smallest absolute Gasteiger partial charge is 0.251 e. The summed E-state index contributed by atoms with van der Waals surface area (Å²) >= 11 is 0. The van der Waals surface area contributed by atoms with Gasteiger partial charge in [0.15, 0.2) is 11.5 Å². The third kappa shape index (κ3) is 2.44. The molecular weight excluding hydrogens is 228 g/mol. The molecule has 18 heavy (non-hydrogen) atoms. The Kier molecular flexibility index (Phi) is 3.78. The first-order valence-corrected chi connectivity index (χ1v) is 6.25. The SMILES string of the molecule is C#CCOCc1ccc2c(c1)OC(CC)(CC)O2. The summed E-state index contributed by atoms with van der Waals surface area (Å²) in [6, 6.07) is 5.86. The van der Waals surface area contributed by atoms with Gasteiger partial charge in [0.2, 0.25) is 0 Å². The van der Waals surface area contributed by atoms with Crippen molar-refractivity contribution >= 4 is 0 Å². The Morgan fingerprint density at radius 3 is 2.61 bits per heavy atom. The molecule has 0 fully saturated rings. The minimum atomic E-state index is -0.499. The quantitative estimate of drug-likeness (QED) is 0.590. The van der Waals surface area contributed by atoms with E-state index in [1.807, 2.05) is 18.2 Å². The average molecular weight is 246 g/mol. The van der Waals surface area contributed by atoms with Crippen LogP contribution in [0.5, 0.6) is 11.5 Å². The highest BCUT2D eigenvalue weighted by Crippen LogP contribution is 2.42. The van der Waals surface area contributed by atoms with Crippen LogP contribution in [-0.4, -0.2) is 12.4 Å². The molecule has 0 atom stereocenters. The number of hydrogen-bond donors (Lipinski definition) is 0. The number of ether oxygens (including phenoxy) is 3. The zero-order valence-electron chi connectivity index (χ0n) is 10.9. The Morgan fingerprint density at radius 1 is 1.22 bits per heavy atom. The van der Waals surface area contributed by atoms with E-state index in [-0.39, 0.29) is 0 Å². The van der Waals surface area contributed by atoms with Gasteiger partial charge in [-0.2, -0.15) is 0 Å². The first-order valence-electron chi connectivity index (χ1n) is 6.25. The molecule has 96 valence electrons. The molecule has 1 heterocycles. The van der Waals surface area contributed by atoms with Gasteiger partial charge >= 0.3 is 0 Å². The molecule has 1 aromatic carbocycles. The molecule has 0 radical (unpaired) electrons. The predicted octanol–water partition coefficient (Wildman–Crippen LogP) is 3.12. The zero-order chi connectivity index (χ0) is 13.0. The van der Waals surface area contributed by atoms with Gasteiger partial charge in [0.05, 0.1) is 6.61 Å². The second-order valence-electron chi connectivity index (χ2n) is 4.30. The molecule has 3 heteroatoms. The number of benzene rings is 1. The molecule has 1 aliphatic rings. The molecule has 0 bridgehead atoms. The molecule has 0 aromatic heterocycles. The number of terminal acetylenes is 1. The van der Waals surface area contributed by atoms with Gasteiger partial charge in [0.25, 0.3) is 5.79 Å². The van der Waals surface area contributed by atoms with Gasteiger partial charge in [0.1, 0.15) is 6.61 Å². The first-order chi connectivity index (χ1) is 8.73. The van der Waals surface area contributed by atoms with Crippen LogP contribution in [0.4, 0.5) is 0 Å². The molecule has 1 aromatic rings. The van der Waals surface area contributed by atoms with Crippen molar-refractivity contribution < 1.29 is 14.2 Å². The topological polar surface area (TPSA) is 27.7 Å². The lowest BCUT2D eigenvalue weighted by Gasteiger charge is -2.24. The van der Waals surface area contributed by atoms with Gasteiger partial charge in [-0.15, -0.1) is 6.42 Å². The molecule has 0 N–H and O–H groups in total. The van der Waals surface area contributed by atoms with Crippen LogP contribution < -0.4 is 9.47 Å². The normalized spacial score (nSPS) is 15.4. The van der Waals surface area contributed by atoms with Gasteiger partial charge in [-0.3, -0.25) is 0 Å². The van der Waals surface area contributed by atoms with Crippen molar-refractivity contribution in [2.45, 2.75) is 39.1 Å². The summed E-state index contributed by atoms with van der Waals surface area (Å²) in [4.78, 5) is 0. The van der Waals surface area contributed by atoms with Crippen molar-refractivity contribution in [3.63, 3.8) is 0 Å². The van der Waals surface area contributed by atoms with Crippen LogP contribution in [0.3, 0.4) is 0 Å². The van der Waals surface area contributed by atoms with E-state index in [0.29, 0.717) is 13.2 Å². The fourth-order valence-corrected chi connectivity index (χ4v) is 1.99. The van der Waals surface area contributed by atoms with E-state index in [1.165, 1.54) is 0 Å². The highest BCUT2D eigenvalue weighted by molar-refractivity contribution is 5.45. The van der Waals surface area contributed by atoms with Crippen LogP contribution in [0, 0.1) is 12.3 Å². The lowest BCUT2D eigenvalue weighted by atomic mass is 10.1. The van der Waals surface area contributed by atoms with Crippen LogP contribution >= 0.6 is 0 Å². The van der Waals surface area contributed by atoms with E-state index >= 15 is 0 Å². The Morgan fingerprint density at radius 2 is 1.94 bits per heavy atom. The van der Waals surface area contributed by atoms with E-state index in [1.54, 1.807) is 0 Å². The monoisotopic (exact) mass is 246 g/mol.